The maximum Gasteiger partial charge on any atom is 0.339 e. The Morgan fingerprint density at radius 2 is 2.11 bits per heavy atom. The Hall–Kier alpha value is -1.46. The zero-order chi connectivity index (χ0) is 13.5. The van der Waals surface area contributed by atoms with Crippen LogP contribution in [0.2, 0.25) is 5.02 Å². The van der Waals surface area contributed by atoms with Crippen LogP contribution >= 0.6 is 11.6 Å². The van der Waals surface area contributed by atoms with Crippen molar-refractivity contribution in [3.05, 3.63) is 22.7 Å². The van der Waals surface area contributed by atoms with E-state index < -0.39 is 5.97 Å². The number of carboxylic acid groups (broad SMARTS) is 1. The number of hydrogen-bond acceptors (Lipinski definition) is 4. The van der Waals surface area contributed by atoms with Crippen LogP contribution in [-0.4, -0.2) is 30.9 Å². The van der Waals surface area contributed by atoms with Gasteiger partial charge in [-0.15, -0.1) is 0 Å². The van der Waals surface area contributed by atoms with E-state index in [1.54, 1.807) is 0 Å². The number of aromatic carboxylic acids is 1. The molecule has 18 heavy (non-hydrogen) atoms. The molecule has 0 heterocycles. The van der Waals surface area contributed by atoms with Gasteiger partial charge in [-0.05, 0) is 18.6 Å². The normalized spacial score (nSPS) is 10.3. The van der Waals surface area contributed by atoms with Crippen LogP contribution in [0.25, 0.3) is 0 Å². The van der Waals surface area contributed by atoms with Gasteiger partial charge in [-0.1, -0.05) is 18.5 Å². The summed E-state index contributed by atoms with van der Waals surface area (Å²) in [4.78, 5) is 11.0. The van der Waals surface area contributed by atoms with Crippen molar-refractivity contribution in [3.63, 3.8) is 0 Å². The zero-order valence-electron chi connectivity index (χ0n) is 10.1. The Morgan fingerprint density at radius 3 is 2.72 bits per heavy atom. The van der Waals surface area contributed by atoms with Gasteiger partial charge >= 0.3 is 5.97 Å². The summed E-state index contributed by atoms with van der Waals surface area (Å²) in [6, 6.07) is 2.77. The second-order valence-electron chi connectivity index (χ2n) is 3.65. The molecule has 0 aliphatic carbocycles. The molecule has 0 atom stereocenters. The summed E-state index contributed by atoms with van der Waals surface area (Å²) in [6.07, 6.45) is 0.920. The lowest BCUT2D eigenvalue weighted by Crippen LogP contribution is -2.10. The summed E-state index contributed by atoms with van der Waals surface area (Å²) in [6.45, 7) is 3.27. The molecule has 0 radical (unpaired) electrons. The molecule has 1 aromatic carbocycles. The fourth-order valence-corrected chi connectivity index (χ4v) is 1.65. The van der Waals surface area contributed by atoms with Crippen LogP contribution in [0.15, 0.2) is 12.1 Å². The van der Waals surface area contributed by atoms with E-state index in [-0.39, 0.29) is 28.6 Å². The van der Waals surface area contributed by atoms with Crippen molar-refractivity contribution in [2.45, 2.75) is 13.3 Å². The molecule has 0 aliphatic rings. The third-order valence-corrected chi connectivity index (χ3v) is 2.40. The van der Waals surface area contributed by atoms with Crippen LogP contribution in [0.3, 0.4) is 0 Å². The minimum absolute atomic E-state index is 0.0458. The summed E-state index contributed by atoms with van der Waals surface area (Å²) in [5.41, 5.74) is 5.77. The molecule has 5 nitrogen and oxygen atoms in total. The van der Waals surface area contributed by atoms with Gasteiger partial charge in [-0.3, -0.25) is 0 Å². The summed E-state index contributed by atoms with van der Waals surface area (Å²) in [5, 5.41) is 9.21. The summed E-state index contributed by atoms with van der Waals surface area (Å²) >= 11 is 5.91. The van der Waals surface area contributed by atoms with Gasteiger partial charge < -0.3 is 20.3 Å². The largest absolute Gasteiger partial charge is 0.489 e. The number of rotatable bonds is 7. The lowest BCUT2D eigenvalue weighted by molar-refractivity contribution is 0.0685. The summed E-state index contributed by atoms with van der Waals surface area (Å²) < 4.78 is 10.6. The molecule has 0 spiro atoms. The van der Waals surface area contributed by atoms with Crippen LogP contribution in [0.1, 0.15) is 23.7 Å². The molecule has 3 N–H and O–H groups in total. The predicted octanol–water partition coefficient (Wildman–Crippen LogP) is 2.43. The van der Waals surface area contributed by atoms with Crippen molar-refractivity contribution in [3.8, 4) is 5.75 Å². The minimum Gasteiger partial charge on any atom is -0.489 e. The van der Waals surface area contributed by atoms with Gasteiger partial charge in [0, 0.05) is 12.3 Å². The molecule has 0 aliphatic heterocycles. The molecule has 0 amide bonds. The Bertz CT molecular complexity index is 423. The average molecular weight is 274 g/mol. The number of carbonyl (C=O) groups is 1. The first-order valence-electron chi connectivity index (χ1n) is 5.59. The monoisotopic (exact) mass is 273 g/mol. The van der Waals surface area contributed by atoms with Gasteiger partial charge in [0.05, 0.1) is 11.6 Å². The van der Waals surface area contributed by atoms with Crippen LogP contribution in [0.4, 0.5) is 5.69 Å². The van der Waals surface area contributed by atoms with Gasteiger partial charge in [0.25, 0.3) is 0 Å². The SMILES string of the molecule is CCCOCCOc1c(Cl)cc(N)cc1C(=O)O. The highest BCUT2D eigenvalue weighted by molar-refractivity contribution is 6.33. The number of nitrogens with two attached hydrogens (primary N) is 1. The molecule has 0 saturated heterocycles. The van der Waals surface area contributed by atoms with E-state index >= 15 is 0 Å². The fraction of sp³-hybridized carbons (Fsp3) is 0.417. The second-order valence-corrected chi connectivity index (χ2v) is 4.05. The van der Waals surface area contributed by atoms with Gasteiger partial charge in [-0.25, -0.2) is 4.79 Å². The van der Waals surface area contributed by atoms with E-state index in [0.29, 0.717) is 13.2 Å². The Balaban J connectivity index is 2.71. The van der Waals surface area contributed by atoms with Crippen LogP contribution in [0.5, 0.6) is 5.75 Å². The van der Waals surface area contributed by atoms with Crippen LogP contribution in [-0.2, 0) is 4.74 Å². The number of carboxylic acids is 1. The van der Waals surface area contributed by atoms with E-state index in [9.17, 15) is 4.79 Å². The van der Waals surface area contributed by atoms with E-state index in [1.165, 1.54) is 12.1 Å². The third kappa shape index (κ3) is 4.09. The highest BCUT2D eigenvalue weighted by Gasteiger charge is 2.16. The highest BCUT2D eigenvalue weighted by atomic mass is 35.5. The third-order valence-electron chi connectivity index (χ3n) is 2.12. The van der Waals surface area contributed by atoms with Gasteiger partial charge in [0.1, 0.15) is 12.2 Å². The smallest absolute Gasteiger partial charge is 0.339 e. The first-order chi connectivity index (χ1) is 8.56. The lowest BCUT2D eigenvalue weighted by atomic mass is 10.2. The van der Waals surface area contributed by atoms with Gasteiger partial charge in [0.2, 0.25) is 0 Å². The molecular formula is C12H16ClNO4. The summed E-state index contributed by atoms with van der Waals surface area (Å²) in [7, 11) is 0. The molecule has 0 saturated carbocycles. The maximum atomic E-state index is 11.0. The van der Waals surface area contributed by atoms with Crippen molar-refractivity contribution in [1.82, 2.24) is 0 Å². The minimum atomic E-state index is -1.13. The van der Waals surface area contributed by atoms with E-state index in [0.717, 1.165) is 6.42 Å². The molecule has 0 unspecified atom stereocenters. The van der Waals surface area contributed by atoms with Crippen molar-refractivity contribution in [2.75, 3.05) is 25.6 Å². The quantitative estimate of drug-likeness (QED) is 0.589. The first-order valence-corrected chi connectivity index (χ1v) is 5.97. The highest BCUT2D eigenvalue weighted by Crippen LogP contribution is 2.31. The topological polar surface area (TPSA) is 81.8 Å². The number of anilines is 1. The number of ether oxygens (including phenoxy) is 2. The van der Waals surface area contributed by atoms with E-state index in [2.05, 4.69) is 0 Å². The Kier molecular flexibility index (Phi) is 5.74. The van der Waals surface area contributed by atoms with Crippen LogP contribution in [0, 0.1) is 0 Å². The zero-order valence-corrected chi connectivity index (χ0v) is 10.9. The Morgan fingerprint density at radius 1 is 1.39 bits per heavy atom. The molecule has 0 aromatic heterocycles. The molecule has 6 heteroatoms. The molecule has 0 bridgehead atoms. The first kappa shape index (κ1) is 14.6. The van der Waals surface area contributed by atoms with Crippen molar-refractivity contribution in [2.24, 2.45) is 0 Å². The van der Waals surface area contributed by atoms with E-state index in [1.807, 2.05) is 6.92 Å². The standard InChI is InChI=1S/C12H16ClNO4/c1-2-3-17-4-5-18-11-9(12(15)16)6-8(14)7-10(11)13/h6-7H,2-5,14H2,1H3,(H,15,16). The number of hydrogen-bond donors (Lipinski definition) is 2. The maximum absolute atomic E-state index is 11.0. The molecular weight excluding hydrogens is 258 g/mol. The summed E-state index contributed by atoms with van der Waals surface area (Å²) in [5.74, 6) is -1.01. The van der Waals surface area contributed by atoms with Crippen molar-refractivity contribution >= 4 is 23.3 Å². The number of benzene rings is 1. The number of halogens is 1. The van der Waals surface area contributed by atoms with E-state index in [4.69, 9.17) is 31.9 Å². The fourth-order valence-electron chi connectivity index (χ4n) is 1.37. The molecule has 1 rings (SSSR count). The molecule has 100 valence electrons. The Labute approximate surface area is 110 Å². The second kappa shape index (κ2) is 7.08. The van der Waals surface area contributed by atoms with Gasteiger partial charge in [-0.2, -0.15) is 0 Å². The van der Waals surface area contributed by atoms with Crippen LogP contribution < -0.4 is 10.5 Å². The molecule has 1 aromatic rings. The lowest BCUT2D eigenvalue weighted by Gasteiger charge is -2.11. The van der Waals surface area contributed by atoms with Crippen molar-refractivity contribution < 1.29 is 19.4 Å². The van der Waals surface area contributed by atoms with Crippen molar-refractivity contribution in [1.29, 1.82) is 0 Å². The number of nitrogen functional groups attached to an aromatic ring is 1. The predicted molar refractivity (Wildman–Crippen MR) is 69.4 cm³/mol. The average Bonchev–Trinajstić information content (AvgIpc) is 2.30. The molecule has 0 fully saturated rings. The van der Waals surface area contributed by atoms with Gasteiger partial charge in [0.15, 0.2) is 5.75 Å².